The molecule has 148 valence electrons. The van der Waals surface area contributed by atoms with Crippen LogP contribution in [-0.4, -0.2) is 26.4 Å². The predicted octanol–water partition coefficient (Wildman–Crippen LogP) is 4.85. The lowest BCUT2D eigenvalue weighted by Gasteiger charge is -2.07. The number of pyridine rings is 1. The fourth-order valence-corrected chi connectivity index (χ4v) is 4.06. The number of nitrogens with one attached hydrogen (secondary N) is 1. The molecule has 0 aliphatic heterocycles. The average Bonchev–Trinajstić information content (AvgIpc) is 3.09. The molecule has 0 aliphatic carbocycles. The summed E-state index contributed by atoms with van der Waals surface area (Å²) in [5.41, 5.74) is 3.03. The van der Waals surface area contributed by atoms with Gasteiger partial charge in [0, 0.05) is 28.0 Å². The first kappa shape index (κ1) is 21.2. The van der Waals surface area contributed by atoms with Gasteiger partial charge in [-0.25, -0.2) is 4.98 Å². The van der Waals surface area contributed by atoms with E-state index in [1.165, 1.54) is 11.8 Å². The van der Waals surface area contributed by atoms with E-state index in [0.29, 0.717) is 33.0 Å². The van der Waals surface area contributed by atoms with Gasteiger partial charge in [-0.15, -0.1) is 0 Å². The fraction of sp³-hybridized carbons (Fsp3) is 0.200. The Hall–Kier alpha value is -2.53. The number of rotatable bonds is 6. The number of halogens is 2. The molecule has 2 heterocycles. The Morgan fingerprint density at radius 2 is 2.07 bits per heavy atom. The van der Waals surface area contributed by atoms with Gasteiger partial charge in [0.1, 0.15) is 11.1 Å². The number of amides is 1. The number of anilines is 1. The lowest BCUT2D eigenvalue weighted by Crippen LogP contribution is -2.15. The minimum atomic E-state index is -0.227. The maximum atomic E-state index is 12.3. The van der Waals surface area contributed by atoms with Crippen LogP contribution in [0.25, 0.3) is 0 Å². The molecular weight excluding hydrogens is 429 g/mol. The van der Waals surface area contributed by atoms with E-state index in [9.17, 15) is 10.1 Å². The third kappa shape index (κ3) is 5.51. The zero-order chi connectivity index (χ0) is 21.0. The topological polar surface area (TPSA) is 83.6 Å². The molecule has 0 radical (unpaired) electrons. The maximum Gasteiger partial charge on any atom is 0.235 e. The molecule has 0 bridgehead atoms. The summed E-state index contributed by atoms with van der Waals surface area (Å²) in [7, 11) is 0. The van der Waals surface area contributed by atoms with Crippen molar-refractivity contribution in [2.45, 2.75) is 25.4 Å². The number of benzene rings is 1. The van der Waals surface area contributed by atoms with E-state index in [2.05, 4.69) is 21.5 Å². The molecule has 0 saturated carbocycles. The minimum Gasteiger partial charge on any atom is -0.308 e. The van der Waals surface area contributed by atoms with E-state index in [-0.39, 0.29) is 11.7 Å². The van der Waals surface area contributed by atoms with Crippen LogP contribution in [0.1, 0.15) is 22.4 Å². The molecule has 0 spiro atoms. The largest absolute Gasteiger partial charge is 0.308 e. The highest BCUT2D eigenvalue weighted by Gasteiger charge is 2.12. The van der Waals surface area contributed by atoms with E-state index in [1.54, 1.807) is 29.1 Å². The molecule has 29 heavy (non-hydrogen) atoms. The molecule has 0 aliphatic rings. The Labute approximate surface area is 182 Å². The highest BCUT2D eigenvalue weighted by atomic mass is 35.5. The van der Waals surface area contributed by atoms with Crippen LogP contribution in [0, 0.1) is 25.2 Å². The van der Waals surface area contributed by atoms with Gasteiger partial charge in [-0.2, -0.15) is 10.4 Å². The molecule has 2 aromatic heterocycles. The Balaban J connectivity index is 1.60. The van der Waals surface area contributed by atoms with E-state index >= 15 is 0 Å². The summed E-state index contributed by atoms with van der Waals surface area (Å²) >= 11 is 13.3. The Morgan fingerprint density at radius 1 is 1.28 bits per heavy atom. The zero-order valence-corrected chi connectivity index (χ0v) is 18.1. The number of hydrogen-bond acceptors (Lipinski definition) is 5. The highest BCUT2D eigenvalue weighted by Crippen LogP contribution is 2.24. The lowest BCUT2D eigenvalue weighted by atomic mass is 10.1. The second kappa shape index (κ2) is 9.31. The summed E-state index contributed by atoms with van der Waals surface area (Å²) in [5, 5.41) is 18.1. The van der Waals surface area contributed by atoms with Gasteiger partial charge in [0.25, 0.3) is 0 Å². The molecule has 3 aromatic rings. The quantitative estimate of drug-likeness (QED) is 0.547. The van der Waals surface area contributed by atoms with Crippen molar-refractivity contribution in [3.63, 3.8) is 0 Å². The van der Waals surface area contributed by atoms with Crippen molar-refractivity contribution in [2.75, 3.05) is 11.1 Å². The highest BCUT2D eigenvalue weighted by molar-refractivity contribution is 8.00. The standard InChI is InChI=1S/C20H17Cl2N5OS/c1-12-7-13(2)24-20(16(12)9-23)29-11-19(28)25-18-5-6-27(26-18)10-14-3-4-15(21)8-17(14)22/h3-8H,10-11H2,1-2H3,(H,25,26,28). The maximum absolute atomic E-state index is 12.3. The third-order valence-corrected chi connectivity index (χ3v) is 5.58. The van der Waals surface area contributed by atoms with Gasteiger partial charge in [-0.05, 0) is 43.2 Å². The molecule has 3 rings (SSSR count). The molecule has 1 amide bonds. The fourth-order valence-electron chi connectivity index (χ4n) is 2.70. The number of aryl methyl sites for hydroxylation is 2. The summed E-state index contributed by atoms with van der Waals surface area (Å²) in [6.07, 6.45) is 1.76. The van der Waals surface area contributed by atoms with Gasteiger partial charge >= 0.3 is 0 Å². The molecule has 0 fully saturated rings. The lowest BCUT2D eigenvalue weighted by molar-refractivity contribution is -0.113. The Kier molecular flexibility index (Phi) is 6.80. The number of carbonyl (C=O) groups excluding carboxylic acids is 1. The molecule has 1 aromatic carbocycles. The average molecular weight is 446 g/mol. The molecule has 1 N–H and O–H groups in total. The third-order valence-electron chi connectivity index (χ3n) is 4.02. The smallest absolute Gasteiger partial charge is 0.235 e. The van der Waals surface area contributed by atoms with Crippen LogP contribution in [0.2, 0.25) is 10.0 Å². The van der Waals surface area contributed by atoms with Crippen molar-refractivity contribution >= 4 is 46.7 Å². The van der Waals surface area contributed by atoms with Crippen molar-refractivity contribution in [3.8, 4) is 6.07 Å². The van der Waals surface area contributed by atoms with Gasteiger partial charge in [-0.3, -0.25) is 9.48 Å². The van der Waals surface area contributed by atoms with E-state index < -0.39 is 0 Å². The summed E-state index contributed by atoms with van der Waals surface area (Å²) in [6, 6.07) is 11.0. The number of thioether (sulfide) groups is 1. The van der Waals surface area contributed by atoms with Crippen molar-refractivity contribution < 1.29 is 4.79 Å². The predicted molar refractivity (Wildman–Crippen MR) is 116 cm³/mol. The SMILES string of the molecule is Cc1cc(C)c(C#N)c(SCC(=O)Nc2ccn(Cc3ccc(Cl)cc3Cl)n2)n1. The van der Waals surface area contributed by atoms with E-state index in [1.807, 2.05) is 26.0 Å². The minimum absolute atomic E-state index is 0.125. The van der Waals surface area contributed by atoms with Crippen molar-refractivity contribution in [1.82, 2.24) is 14.8 Å². The summed E-state index contributed by atoms with van der Waals surface area (Å²) in [5.74, 6) is 0.338. The normalized spacial score (nSPS) is 10.6. The first-order valence-corrected chi connectivity index (χ1v) is 10.4. The number of nitriles is 1. The van der Waals surface area contributed by atoms with Crippen LogP contribution in [0.5, 0.6) is 0 Å². The van der Waals surface area contributed by atoms with Crippen LogP contribution < -0.4 is 5.32 Å². The summed E-state index contributed by atoms with van der Waals surface area (Å²) in [6.45, 7) is 4.17. The number of nitrogens with zero attached hydrogens (tertiary/aromatic N) is 4. The molecule has 0 atom stereocenters. The van der Waals surface area contributed by atoms with E-state index in [4.69, 9.17) is 23.2 Å². The summed E-state index contributed by atoms with van der Waals surface area (Å²) in [4.78, 5) is 16.7. The second-order valence-corrected chi connectivity index (χ2v) is 8.15. The second-order valence-electron chi connectivity index (χ2n) is 6.34. The first-order valence-electron chi connectivity index (χ1n) is 8.64. The van der Waals surface area contributed by atoms with Crippen LogP contribution in [0.4, 0.5) is 5.82 Å². The van der Waals surface area contributed by atoms with E-state index in [0.717, 1.165) is 16.8 Å². The Morgan fingerprint density at radius 3 is 2.79 bits per heavy atom. The van der Waals surface area contributed by atoms with Crippen LogP contribution >= 0.6 is 35.0 Å². The van der Waals surface area contributed by atoms with Gasteiger partial charge < -0.3 is 5.32 Å². The van der Waals surface area contributed by atoms with Crippen LogP contribution in [0.15, 0.2) is 41.6 Å². The monoisotopic (exact) mass is 445 g/mol. The van der Waals surface area contributed by atoms with Crippen LogP contribution in [-0.2, 0) is 11.3 Å². The number of carbonyl (C=O) groups is 1. The molecule has 0 saturated heterocycles. The molecule has 0 unspecified atom stereocenters. The van der Waals surface area contributed by atoms with Gasteiger partial charge in [0.15, 0.2) is 5.82 Å². The van der Waals surface area contributed by atoms with Crippen molar-refractivity contribution in [3.05, 3.63) is 69.0 Å². The first-order chi connectivity index (χ1) is 13.9. The molecule has 9 heteroatoms. The summed E-state index contributed by atoms with van der Waals surface area (Å²) < 4.78 is 1.68. The zero-order valence-electron chi connectivity index (χ0n) is 15.7. The Bertz CT molecular complexity index is 1110. The molecular formula is C20H17Cl2N5OS. The van der Waals surface area contributed by atoms with Crippen molar-refractivity contribution in [1.29, 1.82) is 5.26 Å². The van der Waals surface area contributed by atoms with Gasteiger partial charge in [0.05, 0.1) is 17.9 Å². The van der Waals surface area contributed by atoms with Gasteiger partial charge in [0.2, 0.25) is 5.91 Å². The van der Waals surface area contributed by atoms with Crippen LogP contribution in [0.3, 0.4) is 0 Å². The van der Waals surface area contributed by atoms with Gasteiger partial charge in [-0.1, -0.05) is 41.0 Å². The van der Waals surface area contributed by atoms with Crippen molar-refractivity contribution in [2.24, 2.45) is 0 Å². The number of aromatic nitrogens is 3. The molecule has 6 nitrogen and oxygen atoms in total. The number of hydrogen-bond donors (Lipinski definition) is 1.